The van der Waals surface area contributed by atoms with Crippen LogP contribution in [0.3, 0.4) is 0 Å². The normalized spacial score (nSPS) is 12.7. The number of hydrogen-bond acceptors (Lipinski definition) is 3. The number of ether oxygens (including phenoxy) is 1. The minimum atomic E-state index is -3.59. The highest BCUT2D eigenvalue weighted by molar-refractivity contribution is 7.89. The second-order valence-corrected chi connectivity index (χ2v) is 9.61. The number of aryl methyl sites for hydroxylation is 1. The fraction of sp³-hybridized carbons (Fsp3) is 0.280. The number of rotatable bonds is 9. The molecule has 1 N–H and O–H groups in total. The third kappa shape index (κ3) is 6.39. The van der Waals surface area contributed by atoms with Crippen molar-refractivity contribution in [2.24, 2.45) is 0 Å². The average molecular weight is 442 g/mol. The molecule has 0 heterocycles. The van der Waals surface area contributed by atoms with Gasteiger partial charge < -0.3 is 4.74 Å². The molecule has 0 aliphatic carbocycles. The summed E-state index contributed by atoms with van der Waals surface area (Å²) in [6.45, 7) is 6.10. The lowest BCUT2D eigenvalue weighted by molar-refractivity contribution is 0.242. The molecule has 6 heteroatoms. The van der Waals surface area contributed by atoms with Crippen LogP contribution in [0.15, 0.2) is 77.7 Å². The van der Waals surface area contributed by atoms with Crippen molar-refractivity contribution < 1.29 is 17.5 Å². The summed E-state index contributed by atoms with van der Waals surface area (Å²) in [5.41, 5.74) is 2.94. The first-order valence-electron chi connectivity index (χ1n) is 10.3. The molecule has 0 aliphatic heterocycles. The molecule has 0 aromatic heterocycles. The zero-order valence-corrected chi connectivity index (χ0v) is 18.8. The van der Waals surface area contributed by atoms with E-state index in [1.807, 2.05) is 45.0 Å². The molecule has 0 bridgehead atoms. The molecule has 1 atom stereocenters. The third-order valence-corrected chi connectivity index (χ3v) is 6.46. The molecular weight excluding hydrogens is 413 g/mol. The molecule has 0 fully saturated rings. The first-order chi connectivity index (χ1) is 14.7. The maximum absolute atomic E-state index is 13.4. The molecule has 0 amide bonds. The number of nitrogens with one attached hydrogen (secondary N) is 1. The quantitative estimate of drug-likeness (QED) is 0.482. The fourth-order valence-electron chi connectivity index (χ4n) is 3.41. The first kappa shape index (κ1) is 23.0. The standard InChI is InChI=1S/C25H28FNO3S/c1-18(2)30-23-12-8-21(9-13-23)25(20-6-10-22(26)11-7-20)16-17-27-31(28,29)24-14-4-19(3)5-15-24/h4-15,18,25,27H,16-17H2,1-3H3/t25-/m1/s1. The van der Waals surface area contributed by atoms with Crippen molar-refractivity contribution in [1.29, 1.82) is 0 Å². The Balaban J connectivity index is 1.77. The summed E-state index contributed by atoms with van der Waals surface area (Å²) in [6, 6.07) is 20.8. The van der Waals surface area contributed by atoms with Crippen LogP contribution >= 0.6 is 0 Å². The average Bonchev–Trinajstić information content (AvgIpc) is 2.73. The van der Waals surface area contributed by atoms with Gasteiger partial charge in [-0.05, 0) is 74.7 Å². The van der Waals surface area contributed by atoms with Crippen LogP contribution in [0, 0.1) is 12.7 Å². The van der Waals surface area contributed by atoms with E-state index in [-0.39, 0.29) is 29.3 Å². The van der Waals surface area contributed by atoms with Crippen LogP contribution in [-0.4, -0.2) is 21.1 Å². The van der Waals surface area contributed by atoms with Crippen molar-refractivity contribution in [2.75, 3.05) is 6.54 Å². The van der Waals surface area contributed by atoms with Gasteiger partial charge in [0.2, 0.25) is 10.0 Å². The van der Waals surface area contributed by atoms with Gasteiger partial charge in [-0.15, -0.1) is 0 Å². The summed E-state index contributed by atoms with van der Waals surface area (Å²) >= 11 is 0. The molecule has 0 unspecified atom stereocenters. The Morgan fingerprint density at radius 2 is 1.42 bits per heavy atom. The van der Waals surface area contributed by atoms with E-state index < -0.39 is 10.0 Å². The summed E-state index contributed by atoms with van der Waals surface area (Å²) in [6.07, 6.45) is 0.608. The summed E-state index contributed by atoms with van der Waals surface area (Å²) in [7, 11) is -3.59. The minimum absolute atomic E-state index is 0.0786. The topological polar surface area (TPSA) is 55.4 Å². The van der Waals surface area contributed by atoms with Crippen molar-refractivity contribution in [2.45, 2.75) is 44.1 Å². The van der Waals surface area contributed by atoms with Gasteiger partial charge in [-0.2, -0.15) is 0 Å². The van der Waals surface area contributed by atoms with Gasteiger partial charge in [0, 0.05) is 12.5 Å². The van der Waals surface area contributed by atoms with E-state index in [1.54, 1.807) is 36.4 Å². The number of benzene rings is 3. The monoisotopic (exact) mass is 441 g/mol. The molecule has 164 valence electrons. The first-order valence-corrected chi connectivity index (χ1v) is 11.8. The van der Waals surface area contributed by atoms with Crippen LogP contribution in [-0.2, 0) is 10.0 Å². The molecular formula is C25H28FNO3S. The zero-order valence-electron chi connectivity index (χ0n) is 18.0. The Labute approximate surface area is 184 Å². The summed E-state index contributed by atoms with van der Waals surface area (Å²) < 4.78 is 47.1. The Morgan fingerprint density at radius 1 is 0.871 bits per heavy atom. The van der Waals surface area contributed by atoms with Gasteiger partial charge >= 0.3 is 0 Å². The van der Waals surface area contributed by atoms with E-state index in [9.17, 15) is 12.8 Å². The van der Waals surface area contributed by atoms with Crippen LogP contribution < -0.4 is 9.46 Å². The number of sulfonamides is 1. The fourth-order valence-corrected chi connectivity index (χ4v) is 4.46. The highest BCUT2D eigenvalue weighted by Crippen LogP contribution is 2.29. The van der Waals surface area contributed by atoms with Crippen LogP contribution in [0.5, 0.6) is 5.75 Å². The maximum atomic E-state index is 13.4. The third-order valence-electron chi connectivity index (χ3n) is 4.98. The summed E-state index contributed by atoms with van der Waals surface area (Å²) in [5, 5.41) is 0. The molecule has 3 rings (SSSR count). The Morgan fingerprint density at radius 3 is 1.97 bits per heavy atom. The van der Waals surface area contributed by atoms with Crippen molar-refractivity contribution in [1.82, 2.24) is 4.72 Å². The van der Waals surface area contributed by atoms with Gasteiger partial charge in [-0.25, -0.2) is 17.5 Å². The molecule has 31 heavy (non-hydrogen) atoms. The van der Waals surface area contributed by atoms with Gasteiger partial charge in [-0.3, -0.25) is 0 Å². The Kier molecular flexibility index (Phi) is 7.46. The van der Waals surface area contributed by atoms with Crippen LogP contribution in [0.4, 0.5) is 4.39 Å². The van der Waals surface area contributed by atoms with Gasteiger partial charge in [0.25, 0.3) is 0 Å². The van der Waals surface area contributed by atoms with Crippen LogP contribution in [0.1, 0.15) is 42.9 Å². The number of hydrogen-bond donors (Lipinski definition) is 1. The summed E-state index contributed by atoms with van der Waals surface area (Å²) in [5.74, 6) is 0.384. The molecule has 0 saturated carbocycles. The smallest absolute Gasteiger partial charge is 0.240 e. The second kappa shape index (κ2) is 10.1. The van der Waals surface area contributed by atoms with Gasteiger partial charge in [0.05, 0.1) is 11.0 Å². The Bertz CT molecular complexity index is 1080. The van der Waals surface area contributed by atoms with E-state index in [4.69, 9.17) is 4.74 Å². The molecule has 3 aromatic carbocycles. The van der Waals surface area contributed by atoms with E-state index in [2.05, 4.69) is 4.72 Å². The lowest BCUT2D eigenvalue weighted by Crippen LogP contribution is -2.26. The predicted molar refractivity (Wildman–Crippen MR) is 121 cm³/mol. The van der Waals surface area contributed by atoms with Gasteiger partial charge in [0.15, 0.2) is 0 Å². The zero-order chi connectivity index (χ0) is 22.4. The maximum Gasteiger partial charge on any atom is 0.240 e. The Hall–Kier alpha value is -2.70. The SMILES string of the molecule is Cc1ccc(S(=O)(=O)NCC[C@H](c2ccc(F)cc2)c2ccc(OC(C)C)cc2)cc1. The largest absolute Gasteiger partial charge is 0.491 e. The second-order valence-electron chi connectivity index (χ2n) is 7.84. The molecule has 0 saturated heterocycles. The molecule has 0 radical (unpaired) electrons. The predicted octanol–water partition coefficient (Wildman–Crippen LogP) is 5.42. The van der Waals surface area contributed by atoms with Gasteiger partial charge in [-0.1, -0.05) is 42.0 Å². The lowest BCUT2D eigenvalue weighted by atomic mass is 9.88. The van der Waals surface area contributed by atoms with E-state index in [0.717, 1.165) is 22.4 Å². The van der Waals surface area contributed by atoms with Crippen LogP contribution in [0.2, 0.25) is 0 Å². The molecule has 0 aliphatic rings. The van der Waals surface area contributed by atoms with Crippen molar-refractivity contribution in [3.63, 3.8) is 0 Å². The van der Waals surface area contributed by atoms with E-state index in [1.165, 1.54) is 12.1 Å². The van der Waals surface area contributed by atoms with Crippen molar-refractivity contribution in [3.05, 3.63) is 95.3 Å². The van der Waals surface area contributed by atoms with E-state index >= 15 is 0 Å². The van der Waals surface area contributed by atoms with E-state index in [0.29, 0.717) is 6.42 Å². The van der Waals surface area contributed by atoms with Crippen molar-refractivity contribution >= 4 is 10.0 Å². The highest BCUT2D eigenvalue weighted by Gasteiger charge is 2.18. The number of halogens is 1. The lowest BCUT2D eigenvalue weighted by Gasteiger charge is -2.19. The minimum Gasteiger partial charge on any atom is -0.491 e. The van der Waals surface area contributed by atoms with Crippen molar-refractivity contribution in [3.8, 4) is 5.75 Å². The molecule has 0 spiro atoms. The molecule has 4 nitrogen and oxygen atoms in total. The highest BCUT2D eigenvalue weighted by atomic mass is 32.2. The van der Waals surface area contributed by atoms with Crippen LogP contribution in [0.25, 0.3) is 0 Å². The molecule has 3 aromatic rings. The van der Waals surface area contributed by atoms with Gasteiger partial charge in [0.1, 0.15) is 11.6 Å². The summed E-state index contributed by atoms with van der Waals surface area (Å²) in [4.78, 5) is 0.242.